The van der Waals surface area contributed by atoms with Gasteiger partial charge in [0.05, 0.1) is 6.54 Å². The van der Waals surface area contributed by atoms with E-state index < -0.39 is 0 Å². The summed E-state index contributed by atoms with van der Waals surface area (Å²) in [6, 6.07) is 0.485. The average Bonchev–Trinajstić information content (AvgIpc) is 2.59. The van der Waals surface area contributed by atoms with E-state index in [1.54, 1.807) is 0 Å². The molecule has 0 aliphatic heterocycles. The summed E-state index contributed by atoms with van der Waals surface area (Å²) in [5.74, 6) is 0.478. The summed E-state index contributed by atoms with van der Waals surface area (Å²) < 4.78 is 5.24. The Morgan fingerprint density at radius 2 is 2.29 bits per heavy atom. The van der Waals surface area contributed by atoms with Gasteiger partial charge in [-0.1, -0.05) is 18.4 Å². The van der Waals surface area contributed by atoms with Crippen LogP contribution >= 0.6 is 0 Å². The topological polar surface area (TPSA) is 77.0 Å². The normalized spacial score (nSPS) is 19.0. The lowest BCUT2D eigenvalue weighted by Gasteiger charge is -2.38. The molecule has 1 aliphatic rings. The predicted molar refractivity (Wildman–Crippen MR) is 52.6 cm³/mol. The van der Waals surface area contributed by atoms with Gasteiger partial charge in [-0.3, -0.25) is 0 Å². The van der Waals surface area contributed by atoms with Crippen molar-refractivity contribution in [1.29, 1.82) is 0 Å². The van der Waals surface area contributed by atoms with Crippen LogP contribution in [0.15, 0.2) is 4.42 Å². The summed E-state index contributed by atoms with van der Waals surface area (Å²) in [4.78, 5) is 0. The van der Waals surface area contributed by atoms with E-state index >= 15 is 0 Å². The maximum atomic E-state index is 5.36. The number of nitrogens with zero attached hydrogens (tertiary/aromatic N) is 2. The molecular formula is C9H16N4O. The van der Waals surface area contributed by atoms with Crippen molar-refractivity contribution in [3.05, 3.63) is 5.89 Å². The molecule has 5 nitrogen and oxygen atoms in total. The van der Waals surface area contributed by atoms with E-state index in [1.807, 2.05) is 0 Å². The summed E-state index contributed by atoms with van der Waals surface area (Å²) in [5, 5.41) is 10.8. The molecule has 1 aliphatic carbocycles. The second-order valence-corrected chi connectivity index (χ2v) is 4.22. The quantitative estimate of drug-likeness (QED) is 0.754. The van der Waals surface area contributed by atoms with Crippen LogP contribution in [0.1, 0.15) is 32.1 Å². The summed E-state index contributed by atoms with van der Waals surface area (Å²) in [5.41, 5.74) is 5.77. The van der Waals surface area contributed by atoms with Gasteiger partial charge in [-0.15, -0.1) is 5.10 Å². The van der Waals surface area contributed by atoms with Gasteiger partial charge in [-0.05, 0) is 18.3 Å². The fourth-order valence-corrected chi connectivity index (χ4v) is 1.65. The van der Waals surface area contributed by atoms with Gasteiger partial charge in [0.25, 0.3) is 0 Å². The highest BCUT2D eigenvalue weighted by Gasteiger charge is 2.31. The van der Waals surface area contributed by atoms with Crippen LogP contribution in [0.25, 0.3) is 0 Å². The molecule has 5 heteroatoms. The summed E-state index contributed by atoms with van der Waals surface area (Å²) in [6.45, 7) is 3.47. The molecule has 0 atom stereocenters. The van der Waals surface area contributed by atoms with Crippen LogP contribution < -0.4 is 11.1 Å². The van der Waals surface area contributed by atoms with Gasteiger partial charge >= 0.3 is 6.01 Å². The Morgan fingerprint density at radius 3 is 2.79 bits per heavy atom. The van der Waals surface area contributed by atoms with Gasteiger partial charge in [0, 0.05) is 6.54 Å². The molecule has 1 heterocycles. The monoisotopic (exact) mass is 196 g/mol. The van der Waals surface area contributed by atoms with Crippen molar-refractivity contribution in [3.63, 3.8) is 0 Å². The molecule has 1 aromatic heterocycles. The first kappa shape index (κ1) is 9.45. The predicted octanol–water partition coefficient (Wildman–Crippen LogP) is 1.13. The highest BCUT2D eigenvalue weighted by molar-refractivity contribution is 5.18. The number of aromatic nitrogens is 2. The molecule has 0 bridgehead atoms. The van der Waals surface area contributed by atoms with E-state index in [9.17, 15) is 0 Å². The Kier molecular flexibility index (Phi) is 2.41. The fraction of sp³-hybridized carbons (Fsp3) is 0.778. The highest BCUT2D eigenvalue weighted by Crippen LogP contribution is 2.40. The molecule has 2 rings (SSSR count). The zero-order chi connectivity index (χ0) is 10.0. The van der Waals surface area contributed by atoms with Crippen LogP contribution in [0.2, 0.25) is 0 Å². The summed E-state index contributed by atoms with van der Waals surface area (Å²) in [6.07, 6.45) is 3.88. The molecule has 0 aromatic carbocycles. The van der Waals surface area contributed by atoms with Gasteiger partial charge in [0.1, 0.15) is 0 Å². The van der Waals surface area contributed by atoms with Crippen molar-refractivity contribution >= 4 is 6.01 Å². The zero-order valence-electron chi connectivity index (χ0n) is 8.42. The summed E-state index contributed by atoms with van der Waals surface area (Å²) in [7, 11) is 0. The van der Waals surface area contributed by atoms with Crippen LogP contribution in [-0.4, -0.2) is 16.7 Å². The number of nitrogens with two attached hydrogens (primary N) is 1. The smallest absolute Gasteiger partial charge is 0.315 e. The Bertz CT molecular complexity index is 306. The Morgan fingerprint density at radius 1 is 1.50 bits per heavy atom. The minimum Gasteiger partial charge on any atom is -0.407 e. The number of anilines is 1. The van der Waals surface area contributed by atoms with E-state index in [0.29, 0.717) is 23.9 Å². The number of nitrogens with one attached hydrogen (secondary N) is 1. The highest BCUT2D eigenvalue weighted by atomic mass is 16.4. The number of rotatable bonds is 4. The second kappa shape index (κ2) is 3.57. The molecule has 1 fully saturated rings. The van der Waals surface area contributed by atoms with Crippen LogP contribution in [0.3, 0.4) is 0 Å². The molecule has 3 N–H and O–H groups in total. The van der Waals surface area contributed by atoms with E-state index in [4.69, 9.17) is 10.2 Å². The van der Waals surface area contributed by atoms with Crippen LogP contribution in [0.5, 0.6) is 0 Å². The SMILES string of the molecule is CC1(CNc2nnc(CN)o2)CCC1. The maximum Gasteiger partial charge on any atom is 0.315 e. The van der Waals surface area contributed by atoms with Gasteiger partial charge < -0.3 is 15.5 Å². The Hall–Kier alpha value is -1.10. The number of hydrogen-bond acceptors (Lipinski definition) is 5. The lowest BCUT2D eigenvalue weighted by Crippen LogP contribution is -2.33. The third-order valence-corrected chi connectivity index (χ3v) is 2.87. The molecule has 0 saturated heterocycles. The van der Waals surface area contributed by atoms with Gasteiger partial charge in [0.2, 0.25) is 5.89 Å². The van der Waals surface area contributed by atoms with Crippen molar-refractivity contribution in [2.24, 2.45) is 11.1 Å². The fourth-order valence-electron chi connectivity index (χ4n) is 1.65. The van der Waals surface area contributed by atoms with E-state index in [0.717, 1.165) is 6.54 Å². The molecule has 0 unspecified atom stereocenters. The van der Waals surface area contributed by atoms with Crippen molar-refractivity contribution in [2.75, 3.05) is 11.9 Å². The lowest BCUT2D eigenvalue weighted by atomic mass is 9.70. The van der Waals surface area contributed by atoms with Crippen LogP contribution in [0.4, 0.5) is 6.01 Å². The first-order chi connectivity index (χ1) is 6.72. The molecule has 0 radical (unpaired) electrons. The minimum atomic E-state index is 0.298. The molecule has 1 aromatic rings. The lowest BCUT2D eigenvalue weighted by molar-refractivity contribution is 0.178. The minimum absolute atomic E-state index is 0.298. The summed E-state index contributed by atoms with van der Waals surface area (Å²) >= 11 is 0. The van der Waals surface area contributed by atoms with Gasteiger partial charge in [-0.2, -0.15) is 0 Å². The third-order valence-electron chi connectivity index (χ3n) is 2.87. The van der Waals surface area contributed by atoms with E-state index in [1.165, 1.54) is 19.3 Å². The Labute approximate surface area is 83.1 Å². The number of hydrogen-bond donors (Lipinski definition) is 2. The van der Waals surface area contributed by atoms with Crippen LogP contribution in [0, 0.1) is 5.41 Å². The molecular weight excluding hydrogens is 180 g/mol. The maximum absolute atomic E-state index is 5.36. The first-order valence-electron chi connectivity index (χ1n) is 4.98. The van der Waals surface area contributed by atoms with Crippen molar-refractivity contribution in [2.45, 2.75) is 32.7 Å². The second-order valence-electron chi connectivity index (χ2n) is 4.22. The van der Waals surface area contributed by atoms with Crippen molar-refractivity contribution in [3.8, 4) is 0 Å². The third kappa shape index (κ3) is 1.87. The van der Waals surface area contributed by atoms with E-state index in [2.05, 4.69) is 22.4 Å². The van der Waals surface area contributed by atoms with Gasteiger partial charge in [-0.25, -0.2) is 0 Å². The van der Waals surface area contributed by atoms with E-state index in [-0.39, 0.29) is 0 Å². The zero-order valence-corrected chi connectivity index (χ0v) is 8.42. The first-order valence-corrected chi connectivity index (χ1v) is 4.98. The molecule has 0 spiro atoms. The van der Waals surface area contributed by atoms with Crippen molar-refractivity contribution < 1.29 is 4.42 Å². The standard InChI is InChI=1S/C9H16N4O/c1-9(3-2-4-9)6-11-8-13-12-7(5-10)14-8/h2-6,10H2,1H3,(H,11,13). The van der Waals surface area contributed by atoms with Crippen molar-refractivity contribution in [1.82, 2.24) is 10.2 Å². The molecule has 78 valence electrons. The largest absolute Gasteiger partial charge is 0.407 e. The Balaban J connectivity index is 1.85. The molecule has 1 saturated carbocycles. The molecule has 14 heavy (non-hydrogen) atoms. The van der Waals surface area contributed by atoms with Crippen LogP contribution in [-0.2, 0) is 6.54 Å². The average molecular weight is 196 g/mol. The van der Waals surface area contributed by atoms with Gasteiger partial charge in [0.15, 0.2) is 0 Å². The molecule has 0 amide bonds.